The molecule has 0 aromatic carbocycles. The van der Waals surface area contributed by atoms with Crippen molar-refractivity contribution in [2.24, 2.45) is 5.41 Å². The molecule has 0 aromatic heterocycles. The van der Waals surface area contributed by atoms with Crippen molar-refractivity contribution < 1.29 is 19.0 Å². The average molecular weight is 250 g/mol. The Balaban J connectivity index is 3.07. The van der Waals surface area contributed by atoms with Crippen LogP contribution in [0.4, 0.5) is 4.79 Å². The lowest BCUT2D eigenvalue weighted by Gasteiger charge is -2.17. The number of hydrogen-bond acceptors (Lipinski definition) is 4. The van der Waals surface area contributed by atoms with Gasteiger partial charge in [-0.15, -0.1) is 0 Å². The first-order valence-electron chi connectivity index (χ1n) is 5.49. The minimum Gasteiger partial charge on any atom is -0.461 e. The van der Waals surface area contributed by atoms with Crippen LogP contribution in [-0.4, -0.2) is 38.7 Å². The quantitative estimate of drug-likeness (QED) is 0.490. The first kappa shape index (κ1) is 15.8. The van der Waals surface area contributed by atoms with Crippen LogP contribution < -0.4 is 0 Å². The molecule has 0 bridgehead atoms. The van der Waals surface area contributed by atoms with E-state index in [1.165, 1.54) is 0 Å². The van der Waals surface area contributed by atoms with Gasteiger partial charge in [0.2, 0.25) is 0 Å². The molecule has 0 rings (SSSR count). The summed E-state index contributed by atoms with van der Waals surface area (Å²) in [6.07, 6.45) is 1.04. The normalized spacial score (nSPS) is 11.5. The molecule has 0 aliphatic heterocycles. The van der Waals surface area contributed by atoms with Crippen molar-refractivity contribution in [3.63, 3.8) is 0 Å². The van der Waals surface area contributed by atoms with Crippen molar-refractivity contribution in [2.45, 2.75) is 27.2 Å². The largest absolute Gasteiger partial charge is 0.461 e. The maximum absolute atomic E-state index is 10.4. The SMILES string of the molecule is CC(C)(C)CCOCCOCCOC(=O)P. The Morgan fingerprint density at radius 1 is 1.00 bits per heavy atom. The van der Waals surface area contributed by atoms with Gasteiger partial charge in [-0.2, -0.15) is 0 Å². The summed E-state index contributed by atoms with van der Waals surface area (Å²) in [7, 11) is 1.95. The van der Waals surface area contributed by atoms with E-state index in [-0.39, 0.29) is 5.71 Å². The molecule has 0 aromatic rings. The fraction of sp³-hybridized carbons (Fsp3) is 0.909. The Hall–Kier alpha value is -0.180. The van der Waals surface area contributed by atoms with Crippen molar-refractivity contribution in [1.29, 1.82) is 0 Å². The van der Waals surface area contributed by atoms with Crippen LogP contribution in [-0.2, 0) is 14.2 Å². The van der Waals surface area contributed by atoms with Gasteiger partial charge in [-0.1, -0.05) is 20.8 Å². The second kappa shape index (κ2) is 8.91. The molecule has 4 nitrogen and oxygen atoms in total. The van der Waals surface area contributed by atoms with Gasteiger partial charge in [-0.05, 0) is 21.1 Å². The molecule has 0 aliphatic rings. The number of carbonyl (C=O) groups is 1. The summed E-state index contributed by atoms with van der Waals surface area (Å²) in [5.74, 6) is 0. The molecule has 1 atom stereocenters. The van der Waals surface area contributed by atoms with Crippen LogP contribution in [0.3, 0.4) is 0 Å². The molecular weight excluding hydrogens is 227 g/mol. The lowest BCUT2D eigenvalue weighted by molar-refractivity contribution is 0.0251. The number of ether oxygens (including phenoxy) is 3. The Morgan fingerprint density at radius 3 is 2.00 bits per heavy atom. The zero-order valence-corrected chi connectivity index (χ0v) is 11.6. The van der Waals surface area contributed by atoms with Crippen LogP contribution in [0.2, 0.25) is 0 Å². The van der Waals surface area contributed by atoms with Crippen LogP contribution in [0.5, 0.6) is 0 Å². The van der Waals surface area contributed by atoms with Gasteiger partial charge in [-0.25, -0.2) is 4.79 Å². The van der Waals surface area contributed by atoms with Crippen LogP contribution in [0.15, 0.2) is 0 Å². The highest BCUT2D eigenvalue weighted by atomic mass is 31.0. The molecule has 0 N–H and O–H groups in total. The minimum absolute atomic E-state index is 0.296. The van der Waals surface area contributed by atoms with Crippen molar-refractivity contribution >= 4 is 15.0 Å². The Bertz CT molecular complexity index is 189. The van der Waals surface area contributed by atoms with E-state index in [1.54, 1.807) is 0 Å². The summed E-state index contributed by atoms with van der Waals surface area (Å²) in [6.45, 7) is 9.15. The van der Waals surface area contributed by atoms with Crippen LogP contribution in [0, 0.1) is 5.41 Å². The minimum atomic E-state index is -0.356. The molecule has 0 saturated carbocycles. The van der Waals surface area contributed by atoms with E-state index in [0.29, 0.717) is 31.8 Å². The highest BCUT2D eigenvalue weighted by molar-refractivity contribution is 7.39. The number of carbonyl (C=O) groups excluding carboxylic acids is 1. The summed E-state index contributed by atoms with van der Waals surface area (Å²) in [5.41, 5.74) is -0.0431. The molecule has 0 radical (unpaired) electrons. The molecule has 0 heterocycles. The van der Waals surface area contributed by atoms with E-state index >= 15 is 0 Å². The molecule has 0 fully saturated rings. The van der Waals surface area contributed by atoms with E-state index in [2.05, 4.69) is 25.5 Å². The van der Waals surface area contributed by atoms with Gasteiger partial charge in [0.05, 0.1) is 19.8 Å². The summed E-state index contributed by atoms with van der Waals surface area (Å²) in [4.78, 5) is 10.4. The second-order valence-electron chi connectivity index (χ2n) is 4.70. The predicted octanol–water partition coefficient (Wildman–Crippen LogP) is 2.47. The van der Waals surface area contributed by atoms with E-state index in [1.807, 2.05) is 9.24 Å². The molecule has 1 unspecified atom stereocenters. The van der Waals surface area contributed by atoms with E-state index in [0.717, 1.165) is 13.0 Å². The second-order valence-corrected chi connectivity index (χ2v) is 5.17. The first-order chi connectivity index (χ1) is 7.42. The number of rotatable bonds is 8. The van der Waals surface area contributed by atoms with Gasteiger partial charge >= 0.3 is 5.71 Å². The summed E-state index contributed by atoms with van der Waals surface area (Å²) in [5, 5.41) is 0. The summed E-state index contributed by atoms with van der Waals surface area (Å²) < 4.78 is 15.3. The van der Waals surface area contributed by atoms with E-state index in [9.17, 15) is 4.79 Å². The van der Waals surface area contributed by atoms with Gasteiger partial charge in [0.1, 0.15) is 6.61 Å². The monoisotopic (exact) mass is 250 g/mol. The molecule has 0 amide bonds. The lowest BCUT2D eigenvalue weighted by Crippen LogP contribution is -2.13. The molecule has 16 heavy (non-hydrogen) atoms. The van der Waals surface area contributed by atoms with Gasteiger partial charge in [0, 0.05) is 6.61 Å². The third kappa shape index (κ3) is 13.8. The Kier molecular flexibility index (Phi) is 8.81. The van der Waals surface area contributed by atoms with Crippen LogP contribution in [0.1, 0.15) is 27.2 Å². The van der Waals surface area contributed by atoms with Crippen molar-refractivity contribution in [2.75, 3.05) is 33.0 Å². The van der Waals surface area contributed by atoms with Crippen LogP contribution in [0.25, 0.3) is 0 Å². The zero-order chi connectivity index (χ0) is 12.4. The van der Waals surface area contributed by atoms with Gasteiger partial charge in [0.15, 0.2) is 0 Å². The first-order valence-corrected chi connectivity index (χ1v) is 6.07. The topological polar surface area (TPSA) is 44.8 Å². The fourth-order valence-electron chi connectivity index (χ4n) is 0.902. The summed E-state index contributed by atoms with van der Waals surface area (Å²) >= 11 is 0. The highest BCUT2D eigenvalue weighted by Gasteiger charge is 2.08. The Morgan fingerprint density at radius 2 is 1.50 bits per heavy atom. The molecule has 5 heteroatoms. The highest BCUT2D eigenvalue weighted by Crippen LogP contribution is 2.17. The molecular formula is C11H23O4P. The van der Waals surface area contributed by atoms with Gasteiger partial charge < -0.3 is 14.2 Å². The van der Waals surface area contributed by atoms with Crippen molar-refractivity contribution in [3.8, 4) is 0 Å². The average Bonchev–Trinajstić information content (AvgIpc) is 2.13. The fourth-order valence-corrected chi connectivity index (χ4v) is 1.02. The van der Waals surface area contributed by atoms with Crippen molar-refractivity contribution in [3.05, 3.63) is 0 Å². The molecule has 96 valence electrons. The maximum Gasteiger partial charge on any atom is 0.319 e. The lowest BCUT2D eigenvalue weighted by atomic mass is 9.93. The maximum atomic E-state index is 10.4. The van der Waals surface area contributed by atoms with Crippen LogP contribution >= 0.6 is 9.24 Å². The molecule has 0 saturated heterocycles. The zero-order valence-electron chi connectivity index (χ0n) is 10.5. The standard InChI is InChI=1S/C11H23O4P/c1-11(2,3)4-5-13-6-7-14-8-9-15-10(12)16/h4-9,16H2,1-3H3. The molecule has 0 spiro atoms. The third-order valence-corrected chi connectivity index (χ3v) is 2.01. The van der Waals surface area contributed by atoms with Crippen molar-refractivity contribution in [1.82, 2.24) is 0 Å². The third-order valence-electron chi connectivity index (χ3n) is 1.84. The number of hydrogen-bond donors (Lipinski definition) is 0. The predicted molar refractivity (Wildman–Crippen MR) is 66.8 cm³/mol. The van der Waals surface area contributed by atoms with E-state index in [4.69, 9.17) is 9.47 Å². The van der Waals surface area contributed by atoms with Gasteiger partial charge in [0.25, 0.3) is 0 Å². The summed E-state index contributed by atoms with van der Waals surface area (Å²) in [6, 6.07) is 0. The smallest absolute Gasteiger partial charge is 0.319 e. The molecule has 0 aliphatic carbocycles. The van der Waals surface area contributed by atoms with Gasteiger partial charge in [-0.3, -0.25) is 0 Å². The Labute approximate surface area is 100 Å². The van der Waals surface area contributed by atoms with E-state index < -0.39 is 0 Å².